The van der Waals surface area contributed by atoms with E-state index in [1.54, 1.807) is 19.2 Å². The van der Waals surface area contributed by atoms with Crippen molar-refractivity contribution >= 4 is 39.9 Å². The summed E-state index contributed by atoms with van der Waals surface area (Å²) in [5.74, 6) is 1.33. The third-order valence-corrected chi connectivity index (χ3v) is 6.58. The van der Waals surface area contributed by atoms with Gasteiger partial charge in [-0.15, -0.1) is 11.3 Å². The van der Waals surface area contributed by atoms with Gasteiger partial charge in [-0.3, -0.25) is 4.90 Å². The normalized spacial score (nSPS) is 16.2. The third kappa shape index (κ3) is 4.01. The fraction of sp³-hybridized carbons (Fsp3) is 0.125. The smallest absolute Gasteiger partial charge is 0.258 e. The number of rotatable bonds is 5. The van der Waals surface area contributed by atoms with Gasteiger partial charge in [-0.1, -0.05) is 23.4 Å². The van der Waals surface area contributed by atoms with E-state index in [9.17, 15) is 4.39 Å². The number of thiocarbonyl (C=S) groups is 1. The lowest BCUT2D eigenvalue weighted by Gasteiger charge is -2.37. The van der Waals surface area contributed by atoms with E-state index in [0.29, 0.717) is 16.8 Å². The van der Waals surface area contributed by atoms with Crippen LogP contribution in [-0.4, -0.2) is 22.4 Å². The predicted octanol–water partition coefficient (Wildman–Crippen LogP) is 5.81. The van der Waals surface area contributed by atoms with Crippen molar-refractivity contribution < 1.29 is 13.7 Å². The molecule has 1 atom stereocenters. The quantitative estimate of drug-likeness (QED) is 0.363. The molecule has 33 heavy (non-hydrogen) atoms. The fourth-order valence-electron chi connectivity index (χ4n) is 3.81. The molecule has 0 amide bonds. The molecule has 0 radical (unpaired) electrons. The summed E-state index contributed by atoms with van der Waals surface area (Å²) < 4.78 is 24.6. The molecule has 3 heterocycles. The molecule has 1 aliphatic heterocycles. The van der Waals surface area contributed by atoms with E-state index in [-0.39, 0.29) is 11.9 Å². The summed E-state index contributed by atoms with van der Waals surface area (Å²) in [5, 5.41) is 10.0. The van der Waals surface area contributed by atoms with Gasteiger partial charge < -0.3 is 14.6 Å². The van der Waals surface area contributed by atoms with Crippen molar-refractivity contribution in [3.05, 3.63) is 89.0 Å². The molecule has 0 spiro atoms. The second kappa shape index (κ2) is 8.76. The maximum absolute atomic E-state index is 13.6. The van der Waals surface area contributed by atoms with E-state index in [0.717, 1.165) is 33.1 Å². The van der Waals surface area contributed by atoms with Gasteiger partial charge in [0.2, 0.25) is 5.82 Å². The first-order valence-electron chi connectivity index (χ1n) is 10.1. The lowest BCUT2D eigenvalue weighted by Crippen LogP contribution is -2.46. The van der Waals surface area contributed by atoms with Crippen LogP contribution in [-0.2, 0) is 0 Å². The van der Waals surface area contributed by atoms with Gasteiger partial charge in [-0.05, 0) is 72.5 Å². The molecule has 4 aromatic rings. The van der Waals surface area contributed by atoms with E-state index in [1.165, 1.54) is 23.5 Å². The maximum Gasteiger partial charge on any atom is 0.258 e. The van der Waals surface area contributed by atoms with Crippen LogP contribution in [0.25, 0.3) is 16.3 Å². The van der Waals surface area contributed by atoms with Gasteiger partial charge in [-0.25, -0.2) is 4.39 Å². The zero-order valence-corrected chi connectivity index (χ0v) is 19.4. The first-order valence-corrected chi connectivity index (χ1v) is 11.4. The molecule has 1 unspecified atom stereocenters. The van der Waals surface area contributed by atoms with Crippen LogP contribution in [0.3, 0.4) is 0 Å². The van der Waals surface area contributed by atoms with E-state index >= 15 is 0 Å². The SMILES string of the molecule is COc1ccc(N2C(=S)NC(c3ccc(F)cc3)C(c3nc(-c4cccs4)no3)=C2C)cc1. The summed E-state index contributed by atoms with van der Waals surface area (Å²) in [6.07, 6.45) is 0. The molecule has 0 aliphatic carbocycles. The van der Waals surface area contributed by atoms with E-state index in [2.05, 4.69) is 15.5 Å². The summed E-state index contributed by atoms with van der Waals surface area (Å²) >= 11 is 7.27. The minimum atomic E-state index is -0.385. The molecule has 0 bridgehead atoms. The van der Waals surface area contributed by atoms with Crippen LogP contribution in [0, 0.1) is 5.82 Å². The Hall–Kier alpha value is -3.56. The Labute approximate surface area is 199 Å². The van der Waals surface area contributed by atoms with Crippen LogP contribution in [0.15, 0.2) is 76.3 Å². The number of benzene rings is 2. The lowest BCUT2D eigenvalue weighted by atomic mass is 9.94. The van der Waals surface area contributed by atoms with E-state index < -0.39 is 0 Å². The molecule has 0 fully saturated rings. The Morgan fingerprint density at radius 2 is 1.88 bits per heavy atom. The van der Waals surface area contributed by atoms with Crippen molar-refractivity contribution in [3.63, 3.8) is 0 Å². The second-order valence-corrected chi connectivity index (χ2v) is 8.70. The molecule has 166 valence electrons. The van der Waals surface area contributed by atoms with E-state index in [4.69, 9.17) is 21.5 Å². The Bertz CT molecular complexity index is 1320. The number of nitrogens with zero attached hydrogens (tertiary/aromatic N) is 3. The van der Waals surface area contributed by atoms with Gasteiger partial charge >= 0.3 is 0 Å². The number of ether oxygens (including phenoxy) is 1. The van der Waals surface area contributed by atoms with Crippen LogP contribution in [0.5, 0.6) is 5.75 Å². The number of allylic oxidation sites excluding steroid dienone is 1. The molecule has 1 aliphatic rings. The van der Waals surface area contributed by atoms with Crippen molar-refractivity contribution in [2.24, 2.45) is 0 Å². The van der Waals surface area contributed by atoms with Crippen LogP contribution in [0.2, 0.25) is 0 Å². The van der Waals surface area contributed by atoms with Crippen LogP contribution in [0.4, 0.5) is 10.1 Å². The number of methoxy groups -OCH3 is 1. The topological polar surface area (TPSA) is 63.4 Å². The highest BCUT2D eigenvalue weighted by Crippen LogP contribution is 2.39. The first kappa shape index (κ1) is 21.3. The summed E-state index contributed by atoms with van der Waals surface area (Å²) in [7, 11) is 1.62. The highest BCUT2D eigenvalue weighted by molar-refractivity contribution is 7.80. The third-order valence-electron chi connectivity index (χ3n) is 5.42. The molecule has 2 aromatic carbocycles. The molecule has 0 saturated heterocycles. The molecule has 9 heteroatoms. The standard InChI is InChI=1S/C24H19FN4O2S2/c1-14-20(23-27-22(28-31-23)19-4-3-13-33-19)21(15-5-7-16(25)8-6-15)26-24(32)29(14)17-9-11-18(30-2)12-10-17/h3-13,21H,1-2H3,(H,26,32). The number of anilines is 1. The largest absolute Gasteiger partial charge is 0.497 e. The first-order chi connectivity index (χ1) is 16.0. The lowest BCUT2D eigenvalue weighted by molar-refractivity contribution is 0.404. The average molecular weight is 479 g/mol. The van der Waals surface area contributed by atoms with Gasteiger partial charge in [0.1, 0.15) is 11.6 Å². The van der Waals surface area contributed by atoms with Gasteiger partial charge in [0.05, 0.1) is 23.6 Å². The summed E-state index contributed by atoms with van der Waals surface area (Å²) in [4.78, 5) is 7.50. The number of aromatic nitrogens is 2. The van der Waals surface area contributed by atoms with E-state index in [1.807, 2.05) is 53.6 Å². The maximum atomic E-state index is 13.6. The Morgan fingerprint density at radius 3 is 2.55 bits per heavy atom. The van der Waals surface area contributed by atoms with Crippen LogP contribution >= 0.6 is 23.6 Å². The summed E-state index contributed by atoms with van der Waals surface area (Å²) in [5.41, 5.74) is 3.29. The van der Waals surface area contributed by atoms with Crippen molar-refractivity contribution in [1.82, 2.24) is 15.5 Å². The Balaban J connectivity index is 1.64. The number of hydrogen-bond donors (Lipinski definition) is 1. The van der Waals surface area contributed by atoms with Crippen LogP contribution < -0.4 is 15.0 Å². The Morgan fingerprint density at radius 1 is 1.12 bits per heavy atom. The average Bonchev–Trinajstić information content (AvgIpc) is 3.52. The minimum absolute atomic E-state index is 0.308. The Kier molecular flexibility index (Phi) is 5.65. The van der Waals surface area contributed by atoms with Crippen molar-refractivity contribution in [1.29, 1.82) is 0 Å². The van der Waals surface area contributed by atoms with Gasteiger partial charge in [-0.2, -0.15) is 4.98 Å². The van der Waals surface area contributed by atoms with Crippen molar-refractivity contribution in [3.8, 4) is 16.5 Å². The molecular formula is C24H19FN4O2S2. The number of halogens is 1. The van der Waals surface area contributed by atoms with Gasteiger partial charge in [0.15, 0.2) is 5.11 Å². The predicted molar refractivity (Wildman–Crippen MR) is 131 cm³/mol. The molecule has 2 aromatic heterocycles. The number of thiophene rings is 1. The number of hydrogen-bond acceptors (Lipinski definition) is 6. The van der Waals surface area contributed by atoms with Crippen molar-refractivity contribution in [2.75, 3.05) is 12.0 Å². The summed E-state index contributed by atoms with van der Waals surface area (Å²) in [6.45, 7) is 1.96. The molecule has 1 N–H and O–H groups in total. The van der Waals surface area contributed by atoms with Gasteiger partial charge in [0, 0.05) is 11.4 Å². The molecule has 0 saturated carbocycles. The highest BCUT2D eigenvalue weighted by Gasteiger charge is 2.34. The summed E-state index contributed by atoms with van der Waals surface area (Å²) in [6, 6.07) is 17.4. The fourth-order valence-corrected chi connectivity index (χ4v) is 4.82. The van der Waals surface area contributed by atoms with Gasteiger partial charge in [0.25, 0.3) is 5.89 Å². The zero-order chi connectivity index (χ0) is 22.9. The van der Waals surface area contributed by atoms with Crippen LogP contribution in [0.1, 0.15) is 24.4 Å². The molecule has 5 rings (SSSR count). The minimum Gasteiger partial charge on any atom is -0.497 e. The number of nitrogens with one attached hydrogen (secondary N) is 1. The molecule has 6 nitrogen and oxygen atoms in total. The second-order valence-electron chi connectivity index (χ2n) is 7.37. The highest BCUT2D eigenvalue weighted by atomic mass is 32.1. The monoisotopic (exact) mass is 478 g/mol. The zero-order valence-electron chi connectivity index (χ0n) is 17.8. The molecular weight excluding hydrogens is 459 g/mol. The van der Waals surface area contributed by atoms with Crippen molar-refractivity contribution in [2.45, 2.75) is 13.0 Å².